The second kappa shape index (κ2) is 5.09. The van der Waals surface area contributed by atoms with Gasteiger partial charge >= 0.3 is 0 Å². The molecule has 0 saturated carbocycles. The summed E-state index contributed by atoms with van der Waals surface area (Å²) in [6.07, 6.45) is 0.807. The van der Waals surface area contributed by atoms with Crippen molar-refractivity contribution in [3.05, 3.63) is 48.0 Å². The first-order valence-electron chi connectivity index (χ1n) is 6.31. The van der Waals surface area contributed by atoms with Crippen molar-refractivity contribution in [1.82, 2.24) is 0 Å². The monoisotopic (exact) mass is 243 g/mol. The molecule has 2 aromatic rings. The van der Waals surface area contributed by atoms with Crippen LogP contribution in [0.2, 0.25) is 0 Å². The van der Waals surface area contributed by atoms with Crippen LogP contribution in [0.25, 0.3) is 10.8 Å². The van der Waals surface area contributed by atoms with Gasteiger partial charge in [-0.05, 0) is 42.7 Å². The minimum Gasteiger partial charge on any atom is -0.379 e. The highest BCUT2D eigenvalue weighted by atomic mass is 16.5. The molecule has 0 bridgehead atoms. The zero-order valence-corrected chi connectivity index (χ0v) is 11.3. The molecule has 0 radical (unpaired) electrons. The predicted octanol–water partition coefficient (Wildman–Crippen LogP) is 3.65. The molecule has 0 aliphatic rings. The molecule has 18 heavy (non-hydrogen) atoms. The molecule has 0 aliphatic heterocycles. The standard InChI is InChI=1S/C16H21NO/c1-16(2,18-3)11-15(17)14-9-8-12-6-4-5-7-13(12)10-14/h4-10,15H,11,17H2,1-3H3. The Kier molecular flexibility index (Phi) is 3.69. The average molecular weight is 243 g/mol. The lowest BCUT2D eigenvalue weighted by atomic mass is 9.93. The van der Waals surface area contributed by atoms with E-state index in [2.05, 4.69) is 56.3 Å². The quantitative estimate of drug-likeness (QED) is 0.889. The minimum absolute atomic E-state index is 0.00422. The summed E-state index contributed by atoms with van der Waals surface area (Å²) < 4.78 is 5.44. The van der Waals surface area contributed by atoms with E-state index in [0.29, 0.717) is 0 Å². The van der Waals surface area contributed by atoms with E-state index in [0.717, 1.165) is 6.42 Å². The fraction of sp³-hybridized carbons (Fsp3) is 0.375. The number of hydrogen-bond donors (Lipinski definition) is 1. The smallest absolute Gasteiger partial charge is 0.0640 e. The molecule has 2 heteroatoms. The van der Waals surface area contributed by atoms with E-state index < -0.39 is 0 Å². The van der Waals surface area contributed by atoms with Crippen molar-refractivity contribution in [3.8, 4) is 0 Å². The van der Waals surface area contributed by atoms with Gasteiger partial charge in [-0.2, -0.15) is 0 Å². The zero-order chi connectivity index (χ0) is 13.2. The van der Waals surface area contributed by atoms with Crippen molar-refractivity contribution in [1.29, 1.82) is 0 Å². The first-order valence-corrected chi connectivity index (χ1v) is 6.31. The van der Waals surface area contributed by atoms with Crippen LogP contribution in [0.5, 0.6) is 0 Å². The van der Waals surface area contributed by atoms with Crippen molar-refractivity contribution < 1.29 is 4.74 Å². The van der Waals surface area contributed by atoms with Crippen molar-refractivity contribution in [2.75, 3.05) is 7.11 Å². The highest BCUT2D eigenvalue weighted by Crippen LogP contribution is 2.26. The number of fused-ring (bicyclic) bond motifs is 1. The third-order valence-electron chi connectivity index (χ3n) is 3.47. The molecule has 2 nitrogen and oxygen atoms in total. The number of ether oxygens (including phenoxy) is 1. The first-order chi connectivity index (χ1) is 8.52. The van der Waals surface area contributed by atoms with Crippen molar-refractivity contribution in [3.63, 3.8) is 0 Å². The van der Waals surface area contributed by atoms with E-state index >= 15 is 0 Å². The maximum atomic E-state index is 6.27. The molecular formula is C16H21NO. The molecule has 96 valence electrons. The first kappa shape index (κ1) is 13.1. The number of hydrogen-bond acceptors (Lipinski definition) is 2. The molecule has 1 unspecified atom stereocenters. The molecule has 1 atom stereocenters. The normalized spacial score (nSPS) is 13.8. The second-order valence-corrected chi connectivity index (χ2v) is 5.38. The maximum Gasteiger partial charge on any atom is 0.0640 e. The average Bonchev–Trinajstić information content (AvgIpc) is 2.37. The molecule has 2 rings (SSSR count). The van der Waals surface area contributed by atoms with E-state index in [1.165, 1.54) is 16.3 Å². The molecule has 0 aliphatic carbocycles. The number of rotatable bonds is 4. The lowest BCUT2D eigenvalue weighted by Gasteiger charge is -2.26. The van der Waals surface area contributed by atoms with Gasteiger partial charge in [-0.3, -0.25) is 0 Å². The van der Waals surface area contributed by atoms with Gasteiger partial charge in [-0.15, -0.1) is 0 Å². The fourth-order valence-corrected chi connectivity index (χ4v) is 2.17. The lowest BCUT2D eigenvalue weighted by Crippen LogP contribution is -2.28. The highest BCUT2D eigenvalue weighted by Gasteiger charge is 2.21. The van der Waals surface area contributed by atoms with Crippen LogP contribution < -0.4 is 5.73 Å². The Morgan fingerprint density at radius 3 is 2.44 bits per heavy atom. The van der Waals surface area contributed by atoms with Gasteiger partial charge in [0.15, 0.2) is 0 Å². The molecule has 0 aromatic heterocycles. The second-order valence-electron chi connectivity index (χ2n) is 5.38. The number of benzene rings is 2. The van der Waals surface area contributed by atoms with Crippen LogP contribution in [-0.2, 0) is 4.74 Å². The number of methoxy groups -OCH3 is 1. The summed E-state index contributed by atoms with van der Waals surface area (Å²) in [6.45, 7) is 4.13. The fourth-order valence-electron chi connectivity index (χ4n) is 2.17. The van der Waals surface area contributed by atoms with Gasteiger partial charge in [-0.1, -0.05) is 36.4 Å². The Bertz CT molecular complexity index is 533. The highest BCUT2D eigenvalue weighted by molar-refractivity contribution is 5.83. The van der Waals surface area contributed by atoms with Crippen molar-refractivity contribution in [2.45, 2.75) is 31.9 Å². The van der Waals surface area contributed by atoms with Crippen LogP contribution >= 0.6 is 0 Å². The molecule has 0 amide bonds. The van der Waals surface area contributed by atoms with Crippen LogP contribution in [0.4, 0.5) is 0 Å². The Hall–Kier alpha value is -1.38. The van der Waals surface area contributed by atoms with Gasteiger partial charge in [0.25, 0.3) is 0 Å². The van der Waals surface area contributed by atoms with Gasteiger partial charge in [0.05, 0.1) is 5.60 Å². The van der Waals surface area contributed by atoms with E-state index in [4.69, 9.17) is 10.5 Å². The van der Waals surface area contributed by atoms with E-state index in [1.54, 1.807) is 7.11 Å². The van der Waals surface area contributed by atoms with E-state index in [-0.39, 0.29) is 11.6 Å². The molecular weight excluding hydrogens is 222 g/mol. The molecule has 0 heterocycles. The van der Waals surface area contributed by atoms with Crippen LogP contribution in [0.15, 0.2) is 42.5 Å². The van der Waals surface area contributed by atoms with Crippen molar-refractivity contribution >= 4 is 10.8 Å². The van der Waals surface area contributed by atoms with Gasteiger partial charge < -0.3 is 10.5 Å². The van der Waals surface area contributed by atoms with Crippen LogP contribution in [0.3, 0.4) is 0 Å². The van der Waals surface area contributed by atoms with E-state index in [9.17, 15) is 0 Å². The summed E-state index contributed by atoms with van der Waals surface area (Å²) in [5.41, 5.74) is 7.24. The summed E-state index contributed by atoms with van der Waals surface area (Å²) in [4.78, 5) is 0. The largest absolute Gasteiger partial charge is 0.379 e. The molecule has 0 saturated heterocycles. The third kappa shape index (κ3) is 2.89. The van der Waals surface area contributed by atoms with Gasteiger partial charge in [0.1, 0.15) is 0 Å². The Balaban J connectivity index is 2.25. The summed E-state index contributed by atoms with van der Waals surface area (Å²) in [6, 6.07) is 14.8. The summed E-state index contributed by atoms with van der Waals surface area (Å²) in [5, 5.41) is 2.49. The summed E-state index contributed by atoms with van der Waals surface area (Å²) >= 11 is 0. The Morgan fingerprint density at radius 2 is 1.78 bits per heavy atom. The molecule has 2 aromatic carbocycles. The molecule has 0 fully saturated rings. The third-order valence-corrected chi connectivity index (χ3v) is 3.47. The predicted molar refractivity (Wildman–Crippen MR) is 76.6 cm³/mol. The van der Waals surface area contributed by atoms with Crippen molar-refractivity contribution in [2.24, 2.45) is 5.73 Å². The van der Waals surface area contributed by atoms with Gasteiger partial charge in [0.2, 0.25) is 0 Å². The van der Waals surface area contributed by atoms with Gasteiger partial charge in [0, 0.05) is 13.2 Å². The maximum absolute atomic E-state index is 6.27. The van der Waals surface area contributed by atoms with Gasteiger partial charge in [-0.25, -0.2) is 0 Å². The van der Waals surface area contributed by atoms with E-state index in [1.807, 2.05) is 0 Å². The molecule has 2 N–H and O–H groups in total. The lowest BCUT2D eigenvalue weighted by molar-refractivity contribution is 0.00996. The van der Waals surface area contributed by atoms with Crippen LogP contribution in [0.1, 0.15) is 31.9 Å². The summed E-state index contributed by atoms with van der Waals surface area (Å²) in [5.74, 6) is 0. The van der Waals surface area contributed by atoms with Crippen LogP contribution in [0, 0.1) is 0 Å². The zero-order valence-electron chi connectivity index (χ0n) is 11.3. The topological polar surface area (TPSA) is 35.2 Å². The van der Waals surface area contributed by atoms with Crippen LogP contribution in [-0.4, -0.2) is 12.7 Å². The molecule has 0 spiro atoms. The Morgan fingerprint density at radius 1 is 1.11 bits per heavy atom. The Labute approximate surface area is 109 Å². The SMILES string of the molecule is COC(C)(C)CC(N)c1ccc2ccccc2c1. The number of nitrogens with two attached hydrogens (primary N) is 1. The summed E-state index contributed by atoms with van der Waals surface area (Å²) in [7, 11) is 1.73. The minimum atomic E-state index is -0.189.